The maximum Gasteiger partial charge on any atom is 0.303 e. The molecule has 1 heterocycles. The molecule has 1 saturated heterocycles. The number of amides is 1. The number of carbonyl (C=O) groups is 2. The molecular formula is C15H16BrClFNO3. The molecule has 1 unspecified atom stereocenters. The molecule has 0 bridgehead atoms. The topological polar surface area (TPSA) is 57.6 Å². The fourth-order valence-corrected chi connectivity index (χ4v) is 3.33. The van der Waals surface area contributed by atoms with Crippen LogP contribution in [0.4, 0.5) is 4.39 Å². The lowest BCUT2D eigenvalue weighted by Gasteiger charge is -2.36. The van der Waals surface area contributed by atoms with Gasteiger partial charge in [-0.2, -0.15) is 0 Å². The summed E-state index contributed by atoms with van der Waals surface area (Å²) in [5, 5.41) is 8.98. The molecule has 1 N–H and O–H groups in total. The van der Waals surface area contributed by atoms with Crippen molar-refractivity contribution in [2.45, 2.75) is 38.1 Å². The number of likely N-dealkylation sites (tertiary alicyclic amines) is 1. The van der Waals surface area contributed by atoms with Crippen molar-refractivity contribution in [3.8, 4) is 0 Å². The van der Waals surface area contributed by atoms with Crippen LogP contribution >= 0.6 is 27.5 Å². The normalized spacial score (nSPS) is 18.3. The van der Waals surface area contributed by atoms with Crippen molar-refractivity contribution in [2.24, 2.45) is 0 Å². The van der Waals surface area contributed by atoms with Crippen molar-refractivity contribution in [1.82, 2.24) is 4.90 Å². The van der Waals surface area contributed by atoms with Gasteiger partial charge in [0.1, 0.15) is 5.82 Å². The average molecular weight is 393 g/mol. The Morgan fingerprint density at radius 3 is 2.82 bits per heavy atom. The maximum absolute atomic E-state index is 13.7. The van der Waals surface area contributed by atoms with Gasteiger partial charge in [-0.1, -0.05) is 11.6 Å². The number of hydrogen-bond donors (Lipinski definition) is 1. The van der Waals surface area contributed by atoms with Crippen LogP contribution in [0.2, 0.25) is 5.02 Å². The van der Waals surface area contributed by atoms with Crippen LogP contribution in [0.15, 0.2) is 16.6 Å². The summed E-state index contributed by atoms with van der Waals surface area (Å²) < 4.78 is 13.8. The van der Waals surface area contributed by atoms with E-state index in [2.05, 4.69) is 15.9 Å². The predicted octanol–water partition coefficient (Wildman–Crippen LogP) is 4.10. The molecule has 0 saturated carbocycles. The highest BCUT2D eigenvalue weighted by atomic mass is 79.9. The first-order chi connectivity index (χ1) is 10.4. The van der Waals surface area contributed by atoms with E-state index in [9.17, 15) is 14.0 Å². The van der Waals surface area contributed by atoms with E-state index >= 15 is 0 Å². The number of carbonyl (C=O) groups excluding carboxylic acids is 1. The standard InChI is InChI=1S/C15H16BrClFNO3/c16-14-11(7-9(17)8-12(14)18)15(22)19-6-2-1-3-10(19)4-5-13(20)21/h7-8,10H,1-6H2,(H,20,21). The molecule has 1 atom stereocenters. The summed E-state index contributed by atoms with van der Waals surface area (Å²) in [7, 11) is 0. The zero-order valence-corrected chi connectivity index (χ0v) is 14.2. The van der Waals surface area contributed by atoms with E-state index < -0.39 is 11.8 Å². The molecule has 0 spiro atoms. The van der Waals surface area contributed by atoms with E-state index in [-0.39, 0.29) is 33.4 Å². The van der Waals surface area contributed by atoms with E-state index in [1.165, 1.54) is 6.07 Å². The van der Waals surface area contributed by atoms with Crippen molar-refractivity contribution in [2.75, 3.05) is 6.54 Å². The monoisotopic (exact) mass is 391 g/mol. The third-order valence-electron chi connectivity index (χ3n) is 3.80. The molecule has 1 aromatic carbocycles. The smallest absolute Gasteiger partial charge is 0.303 e. The second-order valence-electron chi connectivity index (χ2n) is 5.33. The summed E-state index contributed by atoms with van der Waals surface area (Å²) in [5.74, 6) is -1.79. The van der Waals surface area contributed by atoms with Gasteiger partial charge in [-0.25, -0.2) is 4.39 Å². The summed E-state index contributed by atoms with van der Waals surface area (Å²) in [5.41, 5.74) is 0.173. The van der Waals surface area contributed by atoms with E-state index in [1.54, 1.807) is 4.90 Å². The van der Waals surface area contributed by atoms with Crippen LogP contribution in [0, 0.1) is 5.82 Å². The van der Waals surface area contributed by atoms with Crippen molar-refractivity contribution in [3.63, 3.8) is 0 Å². The summed E-state index contributed by atoms with van der Waals surface area (Å²) in [6.07, 6.45) is 3.00. The van der Waals surface area contributed by atoms with Gasteiger partial charge in [0.25, 0.3) is 5.91 Å². The number of aliphatic carboxylic acids is 1. The molecule has 2 rings (SSSR count). The van der Waals surface area contributed by atoms with Crippen LogP contribution in [-0.4, -0.2) is 34.5 Å². The maximum atomic E-state index is 13.7. The van der Waals surface area contributed by atoms with Crippen LogP contribution in [0.3, 0.4) is 0 Å². The van der Waals surface area contributed by atoms with Crippen LogP contribution in [0.1, 0.15) is 42.5 Å². The molecular weight excluding hydrogens is 377 g/mol. The first-order valence-electron chi connectivity index (χ1n) is 7.07. The molecule has 0 aromatic heterocycles. The van der Waals surface area contributed by atoms with Gasteiger partial charge in [-0.3, -0.25) is 9.59 Å². The summed E-state index contributed by atoms with van der Waals surface area (Å²) in [4.78, 5) is 25.1. The predicted molar refractivity (Wildman–Crippen MR) is 84.7 cm³/mol. The van der Waals surface area contributed by atoms with Gasteiger partial charge in [0, 0.05) is 24.0 Å². The van der Waals surface area contributed by atoms with Crippen molar-refractivity contribution >= 4 is 39.4 Å². The number of benzene rings is 1. The fourth-order valence-electron chi connectivity index (χ4n) is 2.72. The third-order valence-corrected chi connectivity index (χ3v) is 4.83. The van der Waals surface area contributed by atoms with Gasteiger partial charge >= 0.3 is 5.97 Å². The highest BCUT2D eigenvalue weighted by molar-refractivity contribution is 9.10. The molecule has 1 amide bonds. The highest BCUT2D eigenvalue weighted by Crippen LogP contribution is 2.29. The Morgan fingerprint density at radius 1 is 1.41 bits per heavy atom. The number of carboxylic acids is 1. The second kappa shape index (κ2) is 7.42. The minimum Gasteiger partial charge on any atom is -0.481 e. The first kappa shape index (κ1) is 17.2. The average Bonchev–Trinajstić information content (AvgIpc) is 2.48. The number of rotatable bonds is 4. The number of halogens is 3. The molecule has 0 aliphatic carbocycles. The zero-order chi connectivity index (χ0) is 16.3. The van der Waals surface area contributed by atoms with E-state index in [1.807, 2.05) is 0 Å². The van der Waals surface area contributed by atoms with E-state index in [0.717, 1.165) is 25.3 Å². The van der Waals surface area contributed by atoms with Crippen LogP contribution in [0.25, 0.3) is 0 Å². The van der Waals surface area contributed by atoms with Crippen LogP contribution < -0.4 is 0 Å². The summed E-state index contributed by atoms with van der Waals surface area (Å²) >= 11 is 8.92. The van der Waals surface area contributed by atoms with Gasteiger partial charge in [-0.05, 0) is 53.7 Å². The van der Waals surface area contributed by atoms with Crippen LogP contribution in [0.5, 0.6) is 0 Å². The molecule has 1 aliphatic heterocycles. The van der Waals surface area contributed by atoms with Gasteiger partial charge < -0.3 is 10.0 Å². The van der Waals surface area contributed by atoms with Crippen molar-refractivity contribution in [3.05, 3.63) is 33.0 Å². The number of carboxylic acid groups (broad SMARTS) is 1. The third kappa shape index (κ3) is 3.98. The van der Waals surface area contributed by atoms with Gasteiger partial charge in [0.2, 0.25) is 0 Å². The Morgan fingerprint density at radius 2 is 2.14 bits per heavy atom. The SMILES string of the molecule is O=C(O)CCC1CCCCN1C(=O)c1cc(Cl)cc(F)c1Br. The molecule has 22 heavy (non-hydrogen) atoms. The lowest BCUT2D eigenvalue weighted by molar-refractivity contribution is -0.137. The Kier molecular flexibility index (Phi) is 5.81. The molecule has 120 valence electrons. The van der Waals surface area contributed by atoms with E-state index in [0.29, 0.717) is 13.0 Å². The van der Waals surface area contributed by atoms with Gasteiger partial charge in [0.05, 0.1) is 10.0 Å². The van der Waals surface area contributed by atoms with Gasteiger partial charge in [0.15, 0.2) is 0 Å². The molecule has 1 aromatic rings. The summed E-state index contributed by atoms with van der Waals surface area (Å²) in [6, 6.07) is 2.44. The number of nitrogens with zero attached hydrogens (tertiary/aromatic N) is 1. The fraction of sp³-hybridized carbons (Fsp3) is 0.467. The molecule has 1 aliphatic rings. The molecule has 1 fully saturated rings. The highest BCUT2D eigenvalue weighted by Gasteiger charge is 2.29. The minimum atomic E-state index is -0.882. The molecule has 4 nitrogen and oxygen atoms in total. The van der Waals surface area contributed by atoms with E-state index in [4.69, 9.17) is 16.7 Å². The van der Waals surface area contributed by atoms with Crippen molar-refractivity contribution < 1.29 is 19.1 Å². The lowest BCUT2D eigenvalue weighted by Crippen LogP contribution is -2.44. The van der Waals surface area contributed by atoms with Crippen molar-refractivity contribution in [1.29, 1.82) is 0 Å². The van der Waals surface area contributed by atoms with Crippen LogP contribution in [-0.2, 0) is 4.79 Å². The number of piperidine rings is 1. The summed E-state index contributed by atoms with van der Waals surface area (Å²) in [6.45, 7) is 0.545. The molecule has 0 radical (unpaired) electrons. The lowest BCUT2D eigenvalue weighted by atomic mass is 9.97. The minimum absolute atomic E-state index is 0.0134. The Labute approximate surface area is 141 Å². The Bertz CT molecular complexity index is 596. The first-order valence-corrected chi connectivity index (χ1v) is 8.24. The second-order valence-corrected chi connectivity index (χ2v) is 6.56. The van der Waals surface area contributed by atoms with Gasteiger partial charge in [-0.15, -0.1) is 0 Å². The Balaban J connectivity index is 2.24. The quantitative estimate of drug-likeness (QED) is 0.785. The molecule has 7 heteroatoms. The Hall–Kier alpha value is -1.14. The largest absolute Gasteiger partial charge is 0.481 e. The zero-order valence-electron chi connectivity index (χ0n) is 11.8. The number of hydrogen-bond acceptors (Lipinski definition) is 2.